The number of methoxy groups -OCH3 is 2. The van der Waals surface area contributed by atoms with Gasteiger partial charge in [0.25, 0.3) is 10.0 Å². The van der Waals surface area contributed by atoms with Crippen molar-refractivity contribution in [3.63, 3.8) is 0 Å². The summed E-state index contributed by atoms with van der Waals surface area (Å²) in [6, 6.07) is 9.51. The third-order valence-corrected chi connectivity index (χ3v) is 5.04. The average Bonchev–Trinajstić information content (AvgIpc) is 2.60. The Balaban J connectivity index is 2.40. The SMILES string of the molecule is COC(=O)c1cccc(NS(=O)(=O)c2cc(C(=O)OC)ccc2Cl)c1. The molecule has 132 valence electrons. The van der Waals surface area contributed by atoms with Gasteiger partial charge in [-0.3, -0.25) is 4.72 Å². The molecule has 2 rings (SSSR count). The molecule has 0 amide bonds. The molecule has 0 bridgehead atoms. The van der Waals surface area contributed by atoms with E-state index in [9.17, 15) is 18.0 Å². The topological polar surface area (TPSA) is 98.8 Å². The summed E-state index contributed by atoms with van der Waals surface area (Å²) in [6.07, 6.45) is 0. The summed E-state index contributed by atoms with van der Waals surface area (Å²) in [5.74, 6) is -1.30. The molecule has 7 nitrogen and oxygen atoms in total. The maximum atomic E-state index is 12.6. The van der Waals surface area contributed by atoms with Crippen LogP contribution in [0, 0.1) is 0 Å². The van der Waals surface area contributed by atoms with E-state index in [1.165, 1.54) is 50.6 Å². The van der Waals surface area contributed by atoms with Crippen LogP contribution in [0.15, 0.2) is 47.4 Å². The second-order valence-electron chi connectivity index (χ2n) is 4.81. The van der Waals surface area contributed by atoms with Crippen molar-refractivity contribution in [2.75, 3.05) is 18.9 Å². The number of carbonyl (C=O) groups excluding carboxylic acids is 2. The fraction of sp³-hybridized carbons (Fsp3) is 0.125. The van der Waals surface area contributed by atoms with Crippen LogP contribution in [0.2, 0.25) is 5.02 Å². The summed E-state index contributed by atoms with van der Waals surface area (Å²) in [6.45, 7) is 0. The van der Waals surface area contributed by atoms with Gasteiger partial charge in [0.2, 0.25) is 0 Å². The van der Waals surface area contributed by atoms with Gasteiger partial charge in [0, 0.05) is 5.69 Å². The molecule has 0 atom stereocenters. The number of sulfonamides is 1. The molecule has 0 unspecified atom stereocenters. The van der Waals surface area contributed by atoms with E-state index >= 15 is 0 Å². The van der Waals surface area contributed by atoms with Crippen LogP contribution >= 0.6 is 11.6 Å². The van der Waals surface area contributed by atoms with E-state index < -0.39 is 22.0 Å². The van der Waals surface area contributed by atoms with E-state index in [4.69, 9.17) is 11.6 Å². The lowest BCUT2D eigenvalue weighted by Gasteiger charge is -2.11. The lowest BCUT2D eigenvalue weighted by molar-refractivity contribution is 0.0591. The highest BCUT2D eigenvalue weighted by Gasteiger charge is 2.21. The first-order valence-electron chi connectivity index (χ1n) is 6.87. The van der Waals surface area contributed by atoms with Gasteiger partial charge in [0.05, 0.1) is 30.4 Å². The van der Waals surface area contributed by atoms with Gasteiger partial charge in [0.1, 0.15) is 4.90 Å². The Morgan fingerprint density at radius 1 is 0.960 bits per heavy atom. The summed E-state index contributed by atoms with van der Waals surface area (Å²) >= 11 is 5.95. The Morgan fingerprint density at radius 2 is 1.56 bits per heavy atom. The maximum absolute atomic E-state index is 12.6. The van der Waals surface area contributed by atoms with Gasteiger partial charge in [-0.2, -0.15) is 0 Å². The number of halogens is 1. The molecule has 0 aliphatic carbocycles. The van der Waals surface area contributed by atoms with E-state index in [1.807, 2.05) is 0 Å². The van der Waals surface area contributed by atoms with Crippen LogP contribution in [-0.2, 0) is 19.5 Å². The van der Waals surface area contributed by atoms with Gasteiger partial charge < -0.3 is 9.47 Å². The Hall–Kier alpha value is -2.58. The molecule has 1 N–H and O–H groups in total. The number of esters is 2. The molecule has 0 saturated carbocycles. The molecule has 0 saturated heterocycles. The highest BCUT2D eigenvalue weighted by Crippen LogP contribution is 2.25. The molecule has 9 heteroatoms. The zero-order chi connectivity index (χ0) is 18.6. The van der Waals surface area contributed by atoms with Crippen molar-refractivity contribution in [3.8, 4) is 0 Å². The fourth-order valence-corrected chi connectivity index (χ4v) is 3.57. The Morgan fingerprint density at radius 3 is 2.16 bits per heavy atom. The van der Waals surface area contributed by atoms with Crippen LogP contribution in [-0.4, -0.2) is 34.6 Å². The van der Waals surface area contributed by atoms with Gasteiger partial charge in [-0.1, -0.05) is 17.7 Å². The number of ether oxygens (including phenoxy) is 2. The molecular weight excluding hydrogens is 370 g/mol. The van der Waals surface area contributed by atoms with E-state index in [1.54, 1.807) is 0 Å². The first-order valence-corrected chi connectivity index (χ1v) is 8.73. The standard InChI is InChI=1S/C16H14ClNO6S/c1-23-15(19)10-4-3-5-12(8-10)18-25(21,22)14-9-11(16(20)24-2)6-7-13(14)17/h3-9,18H,1-2H3. The highest BCUT2D eigenvalue weighted by atomic mass is 35.5. The molecule has 0 fully saturated rings. The van der Waals surface area contributed by atoms with E-state index in [0.29, 0.717) is 0 Å². The minimum Gasteiger partial charge on any atom is -0.465 e. The van der Waals surface area contributed by atoms with Crippen molar-refractivity contribution < 1.29 is 27.5 Å². The molecule has 0 aliphatic rings. The summed E-state index contributed by atoms with van der Waals surface area (Å²) < 4.78 is 36.6. The number of anilines is 1. The largest absolute Gasteiger partial charge is 0.465 e. The van der Waals surface area contributed by atoms with Crippen molar-refractivity contribution in [2.45, 2.75) is 4.90 Å². The first-order chi connectivity index (χ1) is 11.8. The summed E-state index contributed by atoms with van der Waals surface area (Å²) in [5, 5.41) is -0.0655. The molecule has 2 aromatic carbocycles. The average molecular weight is 384 g/mol. The smallest absolute Gasteiger partial charge is 0.337 e. The van der Waals surface area contributed by atoms with Crippen molar-refractivity contribution in [1.82, 2.24) is 0 Å². The molecule has 2 aromatic rings. The van der Waals surface area contributed by atoms with E-state index in [-0.39, 0.29) is 26.7 Å². The number of nitrogens with one attached hydrogen (secondary N) is 1. The number of rotatable bonds is 5. The van der Waals surface area contributed by atoms with Crippen LogP contribution in [0.1, 0.15) is 20.7 Å². The first kappa shape index (κ1) is 18.8. The van der Waals surface area contributed by atoms with Gasteiger partial charge in [-0.25, -0.2) is 18.0 Å². The number of benzene rings is 2. The molecular formula is C16H14ClNO6S. The lowest BCUT2D eigenvalue weighted by atomic mass is 10.2. The Kier molecular flexibility index (Phi) is 5.66. The van der Waals surface area contributed by atoms with Crippen molar-refractivity contribution in [2.24, 2.45) is 0 Å². The lowest BCUT2D eigenvalue weighted by Crippen LogP contribution is -2.15. The van der Waals surface area contributed by atoms with Crippen molar-refractivity contribution >= 4 is 39.3 Å². The second kappa shape index (κ2) is 7.54. The molecule has 0 aromatic heterocycles. The normalized spacial score (nSPS) is 10.8. The number of carbonyl (C=O) groups is 2. The molecule has 0 radical (unpaired) electrons. The molecule has 0 heterocycles. The maximum Gasteiger partial charge on any atom is 0.337 e. The second-order valence-corrected chi connectivity index (χ2v) is 6.87. The van der Waals surface area contributed by atoms with Crippen molar-refractivity contribution in [3.05, 3.63) is 58.6 Å². The molecule has 25 heavy (non-hydrogen) atoms. The summed E-state index contributed by atoms with van der Waals surface area (Å²) in [7, 11) is -1.70. The third-order valence-electron chi connectivity index (χ3n) is 3.18. The number of hydrogen-bond acceptors (Lipinski definition) is 6. The fourth-order valence-electron chi connectivity index (χ4n) is 1.99. The quantitative estimate of drug-likeness (QED) is 0.797. The minimum absolute atomic E-state index is 0.0376. The van der Waals surface area contributed by atoms with E-state index in [2.05, 4.69) is 14.2 Å². The monoisotopic (exact) mass is 383 g/mol. The summed E-state index contributed by atoms with van der Waals surface area (Å²) in [5.41, 5.74) is 0.357. The number of hydrogen-bond donors (Lipinski definition) is 1. The van der Waals surface area contributed by atoms with Crippen molar-refractivity contribution in [1.29, 1.82) is 0 Å². The van der Waals surface area contributed by atoms with Gasteiger partial charge >= 0.3 is 11.9 Å². The van der Waals surface area contributed by atoms with E-state index in [0.717, 1.165) is 6.07 Å². The Bertz CT molecular complexity index is 926. The van der Waals surface area contributed by atoms with Gasteiger partial charge in [-0.15, -0.1) is 0 Å². The van der Waals surface area contributed by atoms with Gasteiger partial charge in [0.15, 0.2) is 0 Å². The zero-order valence-electron chi connectivity index (χ0n) is 13.3. The Labute approximate surface area is 149 Å². The van der Waals surface area contributed by atoms with Crippen LogP contribution in [0.5, 0.6) is 0 Å². The predicted molar refractivity (Wildman–Crippen MR) is 91.4 cm³/mol. The highest BCUT2D eigenvalue weighted by molar-refractivity contribution is 7.92. The van der Waals surface area contributed by atoms with Crippen LogP contribution in [0.25, 0.3) is 0 Å². The van der Waals surface area contributed by atoms with Crippen LogP contribution in [0.4, 0.5) is 5.69 Å². The predicted octanol–water partition coefficient (Wildman–Crippen LogP) is 2.71. The van der Waals surface area contributed by atoms with Crippen LogP contribution < -0.4 is 4.72 Å². The summed E-state index contributed by atoms with van der Waals surface area (Å²) in [4.78, 5) is 22.8. The molecule has 0 spiro atoms. The minimum atomic E-state index is -4.10. The van der Waals surface area contributed by atoms with Crippen LogP contribution in [0.3, 0.4) is 0 Å². The zero-order valence-corrected chi connectivity index (χ0v) is 14.8. The van der Waals surface area contributed by atoms with Gasteiger partial charge in [-0.05, 0) is 36.4 Å². The third kappa shape index (κ3) is 4.28. The molecule has 0 aliphatic heterocycles.